The van der Waals surface area contributed by atoms with Crippen LogP contribution in [0.1, 0.15) is 33.6 Å². The third kappa shape index (κ3) is 2.14. The van der Waals surface area contributed by atoms with Crippen molar-refractivity contribution in [3.8, 4) is 10.8 Å². The first-order chi connectivity index (χ1) is 10.2. The van der Waals surface area contributed by atoms with Crippen LogP contribution in [0.2, 0.25) is 0 Å². The number of carboxylic acids is 1. The molecule has 0 spiro atoms. The second-order valence-electron chi connectivity index (χ2n) is 5.27. The number of oxazole rings is 1. The van der Waals surface area contributed by atoms with Crippen molar-refractivity contribution in [3.05, 3.63) is 40.3 Å². The molecule has 106 valence electrons. The van der Waals surface area contributed by atoms with E-state index in [0.29, 0.717) is 17.0 Å². The van der Waals surface area contributed by atoms with Gasteiger partial charge in [-0.2, -0.15) is 0 Å². The Bertz CT molecular complexity index is 823. The number of aromatic carboxylic acids is 1. The largest absolute Gasteiger partial charge is 0.478 e. The van der Waals surface area contributed by atoms with Crippen LogP contribution in [0.3, 0.4) is 0 Å². The van der Waals surface area contributed by atoms with Gasteiger partial charge in [-0.05, 0) is 55.5 Å². The van der Waals surface area contributed by atoms with Crippen molar-refractivity contribution >= 4 is 28.4 Å². The Morgan fingerprint density at radius 2 is 2.10 bits per heavy atom. The van der Waals surface area contributed by atoms with E-state index in [9.17, 15) is 4.79 Å². The standard InChI is InChI=1S/C16H13NO3S/c18-16(19)10-5-6-11-12(7-10)20-15(17-11)14-8-9-3-1-2-4-13(9)21-14/h5-8H,1-4H2,(H,18,19). The van der Waals surface area contributed by atoms with Crippen LogP contribution in [0.15, 0.2) is 28.7 Å². The highest BCUT2D eigenvalue weighted by Crippen LogP contribution is 2.36. The molecular weight excluding hydrogens is 286 g/mol. The third-order valence-corrected chi connectivity index (χ3v) is 5.07. The number of aromatic nitrogens is 1. The predicted octanol–water partition coefficient (Wildman–Crippen LogP) is 4.13. The Morgan fingerprint density at radius 1 is 1.24 bits per heavy atom. The van der Waals surface area contributed by atoms with Gasteiger partial charge >= 0.3 is 5.97 Å². The number of fused-ring (bicyclic) bond motifs is 2. The van der Waals surface area contributed by atoms with E-state index in [1.54, 1.807) is 23.5 Å². The molecule has 0 aliphatic heterocycles. The molecule has 2 aromatic heterocycles. The van der Waals surface area contributed by atoms with Gasteiger partial charge in [0.2, 0.25) is 5.89 Å². The maximum absolute atomic E-state index is 11.0. The molecule has 0 saturated carbocycles. The highest BCUT2D eigenvalue weighted by atomic mass is 32.1. The Morgan fingerprint density at radius 3 is 2.90 bits per heavy atom. The van der Waals surface area contributed by atoms with Crippen LogP contribution < -0.4 is 0 Å². The molecule has 4 nitrogen and oxygen atoms in total. The smallest absolute Gasteiger partial charge is 0.335 e. The first kappa shape index (κ1) is 12.6. The number of thiophene rings is 1. The summed E-state index contributed by atoms with van der Waals surface area (Å²) in [5.74, 6) is -0.367. The molecule has 21 heavy (non-hydrogen) atoms. The molecular formula is C16H13NO3S. The number of hydrogen-bond acceptors (Lipinski definition) is 4. The van der Waals surface area contributed by atoms with Gasteiger partial charge in [0.05, 0.1) is 10.4 Å². The molecule has 2 heterocycles. The van der Waals surface area contributed by atoms with Crippen LogP contribution in [-0.4, -0.2) is 16.1 Å². The minimum absolute atomic E-state index is 0.218. The molecule has 0 atom stereocenters. The summed E-state index contributed by atoms with van der Waals surface area (Å²) < 4.78 is 5.76. The molecule has 3 aromatic rings. The lowest BCUT2D eigenvalue weighted by atomic mass is 9.99. The van der Waals surface area contributed by atoms with Gasteiger partial charge in [-0.15, -0.1) is 11.3 Å². The van der Waals surface area contributed by atoms with Crippen molar-refractivity contribution in [1.82, 2.24) is 4.98 Å². The van der Waals surface area contributed by atoms with Crippen molar-refractivity contribution in [3.63, 3.8) is 0 Å². The molecule has 1 aromatic carbocycles. The SMILES string of the molecule is O=C(O)c1ccc2nc(-c3cc4c(s3)CCCC4)oc2c1. The van der Waals surface area contributed by atoms with E-state index < -0.39 is 5.97 Å². The van der Waals surface area contributed by atoms with Gasteiger partial charge in [-0.25, -0.2) is 9.78 Å². The maximum Gasteiger partial charge on any atom is 0.335 e. The van der Waals surface area contributed by atoms with Crippen LogP contribution in [-0.2, 0) is 12.8 Å². The van der Waals surface area contributed by atoms with E-state index in [1.807, 2.05) is 0 Å². The van der Waals surface area contributed by atoms with E-state index in [2.05, 4.69) is 11.1 Å². The van der Waals surface area contributed by atoms with Gasteiger partial charge in [-0.1, -0.05) is 0 Å². The molecule has 0 unspecified atom stereocenters. The fourth-order valence-electron chi connectivity index (χ4n) is 2.76. The predicted molar refractivity (Wildman–Crippen MR) is 80.9 cm³/mol. The zero-order chi connectivity index (χ0) is 14.4. The average molecular weight is 299 g/mol. The number of carbonyl (C=O) groups is 1. The third-order valence-electron chi connectivity index (χ3n) is 3.84. The summed E-state index contributed by atoms with van der Waals surface area (Å²) in [5.41, 5.74) is 2.85. The van der Waals surface area contributed by atoms with Crippen LogP contribution in [0, 0.1) is 0 Å². The minimum atomic E-state index is -0.957. The number of hydrogen-bond donors (Lipinski definition) is 1. The van der Waals surface area contributed by atoms with E-state index in [0.717, 1.165) is 17.7 Å². The first-order valence-corrected chi connectivity index (χ1v) is 7.78. The molecule has 1 N–H and O–H groups in total. The van der Waals surface area contributed by atoms with Crippen molar-refractivity contribution < 1.29 is 14.3 Å². The van der Waals surface area contributed by atoms with Crippen molar-refractivity contribution in [2.45, 2.75) is 25.7 Å². The fraction of sp³-hybridized carbons (Fsp3) is 0.250. The normalized spacial score (nSPS) is 14.3. The lowest BCUT2D eigenvalue weighted by molar-refractivity contribution is 0.0697. The molecule has 0 saturated heterocycles. The lowest BCUT2D eigenvalue weighted by Gasteiger charge is -2.08. The zero-order valence-electron chi connectivity index (χ0n) is 11.3. The van der Waals surface area contributed by atoms with E-state index in [4.69, 9.17) is 9.52 Å². The highest BCUT2D eigenvalue weighted by molar-refractivity contribution is 7.15. The van der Waals surface area contributed by atoms with Crippen molar-refractivity contribution in [1.29, 1.82) is 0 Å². The van der Waals surface area contributed by atoms with E-state index >= 15 is 0 Å². The number of aryl methyl sites for hydroxylation is 2. The Balaban J connectivity index is 1.79. The molecule has 0 fully saturated rings. The van der Waals surface area contributed by atoms with E-state index in [-0.39, 0.29) is 5.56 Å². The van der Waals surface area contributed by atoms with Gasteiger partial charge < -0.3 is 9.52 Å². The highest BCUT2D eigenvalue weighted by Gasteiger charge is 2.18. The van der Waals surface area contributed by atoms with Gasteiger partial charge in [0.25, 0.3) is 0 Å². The number of benzene rings is 1. The molecule has 5 heteroatoms. The summed E-state index contributed by atoms with van der Waals surface area (Å²) in [4.78, 5) is 17.9. The zero-order valence-corrected chi connectivity index (χ0v) is 12.1. The van der Waals surface area contributed by atoms with Crippen molar-refractivity contribution in [2.75, 3.05) is 0 Å². The number of rotatable bonds is 2. The molecule has 1 aliphatic rings. The van der Waals surface area contributed by atoms with Crippen LogP contribution in [0.25, 0.3) is 21.9 Å². The summed E-state index contributed by atoms with van der Waals surface area (Å²) in [6, 6.07) is 6.94. The van der Waals surface area contributed by atoms with Crippen LogP contribution in [0.4, 0.5) is 0 Å². The maximum atomic E-state index is 11.0. The van der Waals surface area contributed by atoms with E-state index in [1.165, 1.54) is 29.3 Å². The van der Waals surface area contributed by atoms with Gasteiger partial charge in [-0.3, -0.25) is 0 Å². The summed E-state index contributed by atoms with van der Waals surface area (Å²) in [7, 11) is 0. The second-order valence-corrected chi connectivity index (χ2v) is 6.41. The second kappa shape index (κ2) is 4.70. The molecule has 0 amide bonds. The minimum Gasteiger partial charge on any atom is -0.478 e. The quantitative estimate of drug-likeness (QED) is 0.772. The topological polar surface area (TPSA) is 63.3 Å². The fourth-order valence-corrected chi connectivity index (χ4v) is 3.94. The van der Waals surface area contributed by atoms with Gasteiger partial charge in [0, 0.05) is 4.88 Å². The lowest BCUT2D eigenvalue weighted by Crippen LogP contribution is -1.96. The number of nitrogens with zero attached hydrogens (tertiary/aromatic N) is 1. The molecule has 0 bridgehead atoms. The van der Waals surface area contributed by atoms with Crippen LogP contribution in [0.5, 0.6) is 0 Å². The summed E-state index contributed by atoms with van der Waals surface area (Å²) in [5, 5.41) is 9.02. The monoisotopic (exact) mass is 299 g/mol. The summed E-state index contributed by atoms with van der Waals surface area (Å²) in [6.07, 6.45) is 4.78. The summed E-state index contributed by atoms with van der Waals surface area (Å²) in [6.45, 7) is 0. The van der Waals surface area contributed by atoms with Gasteiger partial charge in [0.15, 0.2) is 5.58 Å². The Labute approximate surface area is 125 Å². The summed E-state index contributed by atoms with van der Waals surface area (Å²) >= 11 is 1.74. The first-order valence-electron chi connectivity index (χ1n) is 6.96. The average Bonchev–Trinajstić information content (AvgIpc) is 3.09. The molecule has 4 rings (SSSR count). The number of carboxylic acid groups (broad SMARTS) is 1. The Hall–Kier alpha value is -2.14. The molecule has 0 radical (unpaired) electrons. The van der Waals surface area contributed by atoms with Gasteiger partial charge in [0.1, 0.15) is 5.52 Å². The van der Waals surface area contributed by atoms with Crippen molar-refractivity contribution in [2.24, 2.45) is 0 Å². The Kier molecular flexibility index (Phi) is 2.82. The molecule has 1 aliphatic carbocycles. The van der Waals surface area contributed by atoms with Crippen LogP contribution >= 0.6 is 11.3 Å².